The number of rotatable bonds is 2. The average Bonchev–Trinajstić information content (AvgIpc) is 2.86. The summed E-state index contributed by atoms with van der Waals surface area (Å²) in [4.78, 5) is 27.9. The Bertz CT molecular complexity index is 669. The monoisotopic (exact) mass is 340 g/mol. The standard InChI is InChI=1S/C16H18ClFN2O3/c1-19-5-4-10-7-20(9-16(10,8-19)15(22)23)14(21)12-3-2-11(17)6-13(12)18/h2-3,6,10H,4-5,7-9H2,1H3,(H,22,23)/t10-,16-/m0/s1. The molecule has 1 aromatic rings. The molecule has 124 valence electrons. The van der Waals surface area contributed by atoms with E-state index in [9.17, 15) is 19.1 Å². The van der Waals surface area contributed by atoms with Gasteiger partial charge in [-0.05, 0) is 44.1 Å². The van der Waals surface area contributed by atoms with Gasteiger partial charge in [-0.1, -0.05) is 11.6 Å². The van der Waals surface area contributed by atoms with E-state index in [1.165, 1.54) is 17.0 Å². The summed E-state index contributed by atoms with van der Waals surface area (Å²) >= 11 is 5.71. The molecule has 2 aliphatic heterocycles. The number of piperidine rings is 1. The Labute approximate surface area is 138 Å². The molecule has 2 heterocycles. The van der Waals surface area contributed by atoms with E-state index in [-0.39, 0.29) is 23.0 Å². The highest BCUT2D eigenvalue weighted by Crippen LogP contribution is 2.42. The number of fused-ring (bicyclic) bond motifs is 1. The first-order valence-corrected chi connectivity index (χ1v) is 7.87. The fraction of sp³-hybridized carbons (Fsp3) is 0.500. The van der Waals surface area contributed by atoms with Gasteiger partial charge in [-0.2, -0.15) is 0 Å². The molecular formula is C16H18ClFN2O3. The SMILES string of the molecule is CN1CC[C@H]2CN(C(=O)c3ccc(Cl)cc3F)C[C@@]2(C(=O)O)C1. The summed E-state index contributed by atoms with van der Waals surface area (Å²) in [7, 11) is 1.88. The van der Waals surface area contributed by atoms with E-state index in [1.54, 1.807) is 0 Å². The summed E-state index contributed by atoms with van der Waals surface area (Å²) in [5, 5.41) is 9.94. The Morgan fingerprint density at radius 2 is 2.13 bits per heavy atom. The third-order valence-corrected chi connectivity index (χ3v) is 5.22. The third-order valence-electron chi connectivity index (χ3n) is 4.98. The highest BCUT2D eigenvalue weighted by Gasteiger charge is 2.55. The zero-order valence-electron chi connectivity index (χ0n) is 12.8. The predicted molar refractivity (Wildman–Crippen MR) is 83.0 cm³/mol. The van der Waals surface area contributed by atoms with Gasteiger partial charge in [0.2, 0.25) is 0 Å². The molecule has 2 aliphatic rings. The zero-order valence-corrected chi connectivity index (χ0v) is 13.5. The topological polar surface area (TPSA) is 60.9 Å². The first kappa shape index (κ1) is 16.2. The van der Waals surface area contributed by atoms with Gasteiger partial charge in [-0.15, -0.1) is 0 Å². The molecule has 0 saturated carbocycles. The minimum Gasteiger partial charge on any atom is -0.481 e. The molecule has 7 heteroatoms. The van der Waals surface area contributed by atoms with Crippen molar-refractivity contribution < 1.29 is 19.1 Å². The molecule has 1 N–H and O–H groups in total. The molecule has 0 spiro atoms. The summed E-state index contributed by atoms with van der Waals surface area (Å²) in [6, 6.07) is 3.90. The smallest absolute Gasteiger partial charge is 0.313 e. The van der Waals surface area contributed by atoms with E-state index in [4.69, 9.17) is 11.6 Å². The van der Waals surface area contributed by atoms with Gasteiger partial charge in [-0.25, -0.2) is 4.39 Å². The molecule has 0 bridgehead atoms. The molecule has 0 unspecified atom stereocenters. The summed E-state index contributed by atoms with van der Waals surface area (Å²) < 4.78 is 14.0. The average molecular weight is 341 g/mol. The van der Waals surface area contributed by atoms with Crippen molar-refractivity contribution in [2.75, 3.05) is 33.2 Å². The number of nitrogens with zero attached hydrogens (tertiary/aromatic N) is 2. The van der Waals surface area contributed by atoms with E-state index in [1.807, 2.05) is 11.9 Å². The number of likely N-dealkylation sites (tertiary alicyclic amines) is 2. The van der Waals surface area contributed by atoms with Crippen LogP contribution in [-0.2, 0) is 4.79 Å². The molecule has 0 radical (unpaired) electrons. The molecular weight excluding hydrogens is 323 g/mol. The Hall–Kier alpha value is -1.66. The lowest BCUT2D eigenvalue weighted by Crippen LogP contribution is -2.52. The number of carbonyl (C=O) groups is 2. The van der Waals surface area contributed by atoms with Crippen molar-refractivity contribution in [2.24, 2.45) is 11.3 Å². The highest BCUT2D eigenvalue weighted by molar-refractivity contribution is 6.30. The van der Waals surface area contributed by atoms with E-state index in [0.717, 1.165) is 19.0 Å². The molecule has 23 heavy (non-hydrogen) atoms. The van der Waals surface area contributed by atoms with Crippen molar-refractivity contribution in [2.45, 2.75) is 6.42 Å². The van der Waals surface area contributed by atoms with Crippen LogP contribution in [0.25, 0.3) is 0 Å². The van der Waals surface area contributed by atoms with Crippen LogP contribution < -0.4 is 0 Å². The largest absolute Gasteiger partial charge is 0.481 e. The van der Waals surface area contributed by atoms with Gasteiger partial charge in [0.05, 0.1) is 5.56 Å². The molecule has 1 amide bonds. The zero-order chi connectivity index (χ0) is 16.8. The maximum Gasteiger partial charge on any atom is 0.313 e. The van der Waals surface area contributed by atoms with Gasteiger partial charge in [0, 0.05) is 24.7 Å². The molecule has 5 nitrogen and oxygen atoms in total. The number of amides is 1. The fourth-order valence-electron chi connectivity index (χ4n) is 3.76. The van der Waals surface area contributed by atoms with Crippen LogP contribution in [0.3, 0.4) is 0 Å². The van der Waals surface area contributed by atoms with E-state index in [2.05, 4.69) is 0 Å². The fourth-order valence-corrected chi connectivity index (χ4v) is 3.92. The molecule has 2 saturated heterocycles. The second-order valence-electron chi connectivity index (χ2n) is 6.49. The van der Waals surface area contributed by atoms with Crippen molar-refractivity contribution in [3.05, 3.63) is 34.6 Å². The number of carbonyl (C=O) groups excluding carboxylic acids is 1. The number of aliphatic carboxylic acids is 1. The third kappa shape index (κ3) is 2.70. The van der Waals surface area contributed by atoms with Gasteiger partial charge in [-0.3, -0.25) is 9.59 Å². The highest BCUT2D eigenvalue weighted by atomic mass is 35.5. The Morgan fingerprint density at radius 3 is 2.78 bits per heavy atom. The lowest BCUT2D eigenvalue weighted by molar-refractivity contribution is -0.153. The van der Waals surface area contributed by atoms with E-state index in [0.29, 0.717) is 13.1 Å². The first-order chi connectivity index (χ1) is 10.8. The van der Waals surface area contributed by atoms with Gasteiger partial charge < -0.3 is 14.9 Å². The number of carboxylic acid groups (broad SMARTS) is 1. The number of hydrogen-bond acceptors (Lipinski definition) is 3. The minimum atomic E-state index is -0.967. The number of carboxylic acids is 1. The lowest BCUT2D eigenvalue weighted by atomic mass is 9.73. The van der Waals surface area contributed by atoms with Crippen LogP contribution in [0.5, 0.6) is 0 Å². The maximum atomic E-state index is 14.0. The maximum absolute atomic E-state index is 14.0. The number of hydrogen-bond donors (Lipinski definition) is 1. The lowest BCUT2D eigenvalue weighted by Gasteiger charge is -2.39. The summed E-state index contributed by atoms with van der Waals surface area (Å²) in [5.74, 6) is -2.15. The summed E-state index contributed by atoms with van der Waals surface area (Å²) in [6.07, 6.45) is 0.718. The summed E-state index contributed by atoms with van der Waals surface area (Å²) in [6.45, 7) is 1.66. The van der Waals surface area contributed by atoms with Gasteiger partial charge >= 0.3 is 5.97 Å². The second-order valence-corrected chi connectivity index (χ2v) is 6.93. The van der Waals surface area contributed by atoms with Crippen LogP contribution >= 0.6 is 11.6 Å². The molecule has 2 atom stereocenters. The van der Waals surface area contributed by atoms with E-state index >= 15 is 0 Å². The van der Waals surface area contributed by atoms with Gasteiger partial charge in [0.1, 0.15) is 11.2 Å². The molecule has 0 aromatic heterocycles. The van der Waals surface area contributed by atoms with Crippen LogP contribution in [-0.4, -0.2) is 60.0 Å². The Kier molecular flexibility index (Phi) is 4.06. The molecule has 3 rings (SSSR count). The van der Waals surface area contributed by atoms with Crippen LogP contribution in [0.4, 0.5) is 4.39 Å². The van der Waals surface area contributed by atoms with Crippen molar-refractivity contribution in [3.63, 3.8) is 0 Å². The summed E-state index contributed by atoms with van der Waals surface area (Å²) in [5.41, 5.74) is -1.03. The molecule has 2 fully saturated rings. The van der Waals surface area contributed by atoms with E-state index < -0.39 is 23.1 Å². The molecule has 1 aromatic carbocycles. The Balaban J connectivity index is 1.88. The van der Waals surface area contributed by atoms with Crippen molar-refractivity contribution in [3.8, 4) is 0 Å². The van der Waals surface area contributed by atoms with Crippen LogP contribution in [0.2, 0.25) is 5.02 Å². The van der Waals surface area contributed by atoms with Gasteiger partial charge in [0.25, 0.3) is 5.91 Å². The van der Waals surface area contributed by atoms with Crippen molar-refractivity contribution >= 4 is 23.5 Å². The second kappa shape index (κ2) is 5.76. The normalized spacial score (nSPS) is 27.8. The van der Waals surface area contributed by atoms with Crippen LogP contribution in [0.15, 0.2) is 18.2 Å². The van der Waals surface area contributed by atoms with Gasteiger partial charge in [0.15, 0.2) is 0 Å². The molecule has 0 aliphatic carbocycles. The Morgan fingerprint density at radius 1 is 1.39 bits per heavy atom. The predicted octanol–water partition coefficient (Wildman–Crippen LogP) is 1.96. The van der Waals surface area contributed by atoms with Crippen molar-refractivity contribution in [1.29, 1.82) is 0 Å². The number of benzene rings is 1. The minimum absolute atomic E-state index is 0.0676. The first-order valence-electron chi connectivity index (χ1n) is 7.50. The van der Waals surface area contributed by atoms with Crippen LogP contribution in [0.1, 0.15) is 16.8 Å². The van der Waals surface area contributed by atoms with Crippen molar-refractivity contribution in [1.82, 2.24) is 9.80 Å². The quantitative estimate of drug-likeness (QED) is 0.894. The van der Waals surface area contributed by atoms with Crippen LogP contribution in [0, 0.1) is 17.2 Å². The number of halogens is 2.